The molecule has 0 saturated heterocycles. The number of ether oxygens (including phenoxy) is 1. The molecule has 0 amide bonds. The molecule has 5 heteroatoms. The van der Waals surface area contributed by atoms with Crippen LogP contribution in [0.1, 0.15) is 13.3 Å². The lowest BCUT2D eigenvalue weighted by atomic mass is 10.3. The van der Waals surface area contributed by atoms with E-state index in [0.717, 1.165) is 6.42 Å². The van der Waals surface area contributed by atoms with Crippen molar-refractivity contribution in [2.24, 2.45) is 5.84 Å². The fraction of sp³-hybridized carbons (Fsp3) is 0.333. The van der Waals surface area contributed by atoms with Crippen LogP contribution in [-0.2, 0) is 0 Å². The van der Waals surface area contributed by atoms with Gasteiger partial charge in [-0.25, -0.2) is 0 Å². The molecule has 78 valence electrons. The maximum absolute atomic E-state index is 5.92. The van der Waals surface area contributed by atoms with Crippen LogP contribution in [0.3, 0.4) is 0 Å². The van der Waals surface area contributed by atoms with E-state index in [1.54, 1.807) is 12.1 Å². The lowest BCUT2D eigenvalue weighted by molar-refractivity contribution is 0.318. The van der Waals surface area contributed by atoms with E-state index in [4.69, 9.17) is 33.8 Å². The van der Waals surface area contributed by atoms with E-state index in [1.807, 2.05) is 6.92 Å². The molecule has 14 heavy (non-hydrogen) atoms. The van der Waals surface area contributed by atoms with Gasteiger partial charge in [-0.3, -0.25) is 5.84 Å². The third kappa shape index (κ3) is 2.67. The lowest BCUT2D eigenvalue weighted by Gasteiger charge is -2.10. The molecule has 1 aromatic carbocycles. The topological polar surface area (TPSA) is 47.3 Å². The minimum atomic E-state index is 0.473. The molecule has 0 aliphatic rings. The van der Waals surface area contributed by atoms with Gasteiger partial charge in [0.15, 0.2) is 0 Å². The zero-order valence-corrected chi connectivity index (χ0v) is 9.32. The molecule has 0 atom stereocenters. The van der Waals surface area contributed by atoms with Crippen LogP contribution in [0, 0.1) is 0 Å². The summed E-state index contributed by atoms with van der Waals surface area (Å²) in [6.07, 6.45) is 0.921. The molecule has 3 N–H and O–H groups in total. The number of benzene rings is 1. The highest BCUT2D eigenvalue weighted by Crippen LogP contribution is 2.33. The summed E-state index contributed by atoms with van der Waals surface area (Å²) in [7, 11) is 0. The predicted octanol–water partition coefficient (Wildman–Crippen LogP) is 3.07. The number of rotatable bonds is 4. The monoisotopic (exact) mass is 234 g/mol. The summed E-state index contributed by atoms with van der Waals surface area (Å²) < 4.78 is 5.40. The second-order valence-electron chi connectivity index (χ2n) is 2.76. The van der Waals surface area contributed by atoms with E-state index < -0.39 is 0 Å². The summed E-state index contributed by atoms with van der Waals surface area (Å²) in [6, 6.07) is 3.28. The second-order valence-corrected chi connectivity index (χ2v) is 3.57. The van der Waals surface area contributed by atoms with E-state index in [1.165, 1.54) is 0 Å². The van der Waals surface area contributed by atoms with Gasteiger partial charge in [0, 0.05) is 6.07 Å². The number of nitrogen functional groups attached to an aromatic ring is 1. The number of hydrogen-bond donors (Lipinski definition) is 2. The van der Waals surface area contributed by atoms with Crippen molar-refractivity contribution in [3.63, 3.8) is 0 Å². The van der Waals surface area contributed by atoms with Crippen molar-refractivity contribution < 1.29 is 4.74 Å². The van der Waals surface area contributed by atoms with Gasteiger partial charge in [-0.05, 0) is 12.5 Å². The van der Waals surface area contributed by atoms with Gasteiger partial charge in [0.05, 0.1) is 22.3 Å². The van der Waals surface area contributed by atoms with Crippen molar-refractivity contribution in [1.82, 2.24) is 0 Å². The minimum absolute atomic E-state index is 0.473. The summed E-state index contributed by atoms with van der Waals surface area (Å²) >= 11 is 11.8. The van der Waals surface area contributed by atoms with Gasteiger partial charge in [-0.15, -0.1) is 0 Å². The number of hydrazine groups is 1. The lowest BCUT2D eigenvalue weighted by Crippen LogP contribution is -2.07. The van der Waals surface area contributed by atoms with Crippen LogP contribution in [0.2, 0.25) is 10.0 Å². The zero-order chi connectivity index (χ0) is 10.6. The number of hydrogen-bond acceptors (Lipinski definition) is 3. The van der Waals surface area contributed by atoms with E-state index in [2.05, 4.69) is 5.43 Å². The largest absolute Gasteiger partial charge is 0.492 e. The van der Waals surface area contributed by atoms with Crippen molar-refractivity contribution in [2.45, 2.75) is 13.3 Å². The number of anilines is 1. The first-order valence-corrected chi connectivity index (χ1v) is 5.03. The molecular formula is C9H12Cl2N2O. The Bertz CT molecular complexity index is 318. The molecule has 0 aliphatic heterocycles. The van der Waals surface area contributed by atoms with E-state index in [0.29, 0.717) is 28.1 Å². The molecule has 3 nitrogen and oxygen atoms in total. The first kappa shape index (κ1) is 11.4. The highest BCUT2D eigenvalue weighted by Gasteiger charge is 2.07. The Morgan fingerprint density at radius 3 is 2.64 bits per heavy atom. The Morgan fingerprint density at radius 1 is 1.36 bits per heavy atom. The number of nitrogens with one attached hydrogen (secondary N) is 1. The SMILES string of the molecule is CCCOc1cc(NN)c(Cl)cc1Cl. The van der Waals surface area contributed by atoms with Crippen molar-refractivity contribution in [1.29, 1.82) is 0 Å². The minimum Gasteiger partial charge on any atom is -0.492 e. The van der Waals surface area contributed by atoms with Gasteiger partial charge in [0.1, 0.15) is 5.75 Å². The van der Waals surface area contributed by atoms with Crippen LogP contribution in [0.15, 0.2) is 12.1 Å². The van der Waals surface area contributed by atoms with E-state index in [9.17, 15) is 0 Å². The van der Waals surface area contributed by atoms with Gasteiger partial charge in [0.2, 0.25) is 0 Å². The molecular weight excluding hydrogens is 223 g/mol. The smallest absolute Gasteiger partial charge is 0.140 e. The van der Waals surface area contributed by atoms with Crippen molar-refractivity contribution in [3.8, 4) is 5.75 Å². The Hall–Kier alpha value is -0.640. The molecule has 1 rings (SSSR count). The van der Waals surface area contributed by atoms with Crippen LogP contribution in [0.25, 0.3) is 0 Å². The quantitative estimate of drug-likeness (QED) is 0.622. The molecule has 0 bridgehead atoms. The highest BCUT2D eigenvalue weighted by molar-refractivity contribution is 6.37. The van der Waals surface area contributed by atoms with Crippen LogP contribution in [0.4, 0.5) is 5.69 Å². The van der Waals surface area contributed by atoms with E-state index >= 15 is 0 Å². The Morgan fingerprint density at radius 2 is 2.07 bits per heavy atom. The van der Waals surface area contributed by atoms with Crippen LogP contribution in [-0.4, -0.2) is 6.61 Å². The first-order valence-electron chi connectivity index (χ1n) is 4.27. The van der Waals surface area contributed by atoms with Gasteiger partial charge in [-0.2, -0.15) is 0 Å². The number of halogens is 2. The fourth-order valence-corrected chi connectivity index (χ4v) is 1.45. The Kier molecular flexibility index (Phi) is 4.32. The molecule has 0 aromatic heterocycles. The normalized spacial score (nSPS) is 10.0. The Balaban J connectivity index is 2.92. The summed E-state index contributed by atoms with van der Waals surface area (Å²) in [5, 5.41) is 0.962. The first-order chi connectivity index (χ1) is 6.69. The van der Waals surface area contributed by atoms with Gasteiger partial charge in [-0.1, -0.05) is 30.1 Å². The average Bonchev–Trinajstić information content (AvgIpc) is 2.17. The molecule has 0 spiro atoms. The van der Waals surface area contributed by atoms with E-state index in [-0.39, 0.29) is 0 Å². The van der Waals surface area contributed by atoms with Crippen molar-refractivity contribution >= 4 is 28.9 Å². The molecule has 0 aliphatic carbocycles. The maximum atomic E-state index is 5.92. The molecule has 0 saturated carbocycles. The standard InChI is InChI=1S/C9H12Cl2N2O/c1-2-3-14-9-5-8(13-12)6(10)4-7(9)11/h4-5,13H,2-3,12H2,1H3. The fourth-order valence-electron chi connectivity index (χ4n) is 0.962. The summed E-state index contributed by atoms with van der Waals surface area (Å²) in [5.41, 5.74) is 3.07. The summed E-state index contributed by atoms with van der Waals surface area (Å²) in [6.45, 7) is 2.64. The molecule has 0 heterocycles. The average molecular weight is 235 g/mol. The third-order valence-corrected chi connectivity index (χ3v) is 2.25. The molecule has 0 unspecified atom stereocenters. The molecule has 0 radical (unpaired) electrons. The van der Waals surface area contributed by atoms with Crippen molar-refractivity contribution in [3.05, 3.63) is 22.2 Å². The number of nitrogens with two attached hydrogens (primary N) is 1. The molecule has 1 aromatic rings. The van der Waals surface area contributed by atoms with Crippen molar-refractivity contribution in [2.75, 3.05) is 12.0 Å². The van der Waals surface area contributed by atoms with Gasteiger partial charge < -0.3 is 10.2 Å². The second kappa shape index (κ2) is 5.29. The van der Waals surface area contributed by atoms with Crippen LogP contribution in [0.5, 0.6) is 5.75 Å². The summed E-state index contributed by atoms with van der Waals surface area (Å²) in [5.74, 6) is 5.85. The van der Waals surface area contributed by atoms with Gasteiger partial charge in [0.25, 0.3) is 0 Å². The van der Waals surface area contributed by atoms with Gasteiger partial charge >= 0.3 is 0 Å². The maximum Gasteiger partial charge on any atom is 0.140 e. The Labute approximate surface area is 93.1 Å². The highest BCUT2D eigenvalue weighted by atomic mass is 35.5. The summed E-state index contributed by atoms with van der Waals surface area (Å²) in [4.78, 5) is 0. The molecule has 0 fully saturated rings. The zero-order valence-electron chi connectivity index (χ0n) is 7.81. The predicted molar refractivity (Wildman–Crippen MR) is 60.1 cm³/mol. The van der Waals surface area contributed by atoms with Crippen LogP contribution >= 0.6 is 23.2 Å². The third-order valence-electron chi connectivity index (χ3n) is 1.64. The van der Waals surface area contributed by atoms with Crippen LogP contribution < -0.4 is 16.0 Å².